The van der Waals surface area contributed by atoms with Gasteiger partial charge in [0.1, 0.15) is 5.84 Å². The van der Waals surface area contributed by atoms with E-state index in [9.17, 15) is 9.59 Å². The molecule has 1 fully saturated rings. The topological polar surface area (TPSA) is 134 Å². The minimum atomic E-state index is -0.370. The number of amidine groups is 1. The van der Waals surface area contributed by atoms with Crippen molar-refractivity contribution < 1.29 is 14.3 Å². The number of halogens is 1. The highest BCUT2D eigenvalue weighted by Crippen LogP contribution is 2.31. The number of hydrogen-bond acceptors (Lipinski definition) is 6. The summed E-state index contributed by atoms with van der Waals surface area (Å²) < 4.78 is 4.66. The molecule has 3 rings (SSSR count). The number of benzene rings is 1. The molecule has 9 nitrogen and oxygen atoms in total. The van der Waals surface area contributed by atoms with Crippen LogP contribution in [-0.2, 0) is 9.53 Å². The summed E-state index contributed by atoms with van der Waals surface area (Å²) >= 11 is 0. The van der Waals surface area contributed by atoms with Gasteiger partial charge in [-0.2, -0.15) is 0 Å². The Morgan fingerprint density at radius 1 is 1.36 bits per heavy atom. The zero-order chi connectivity index (χ0) is 19.4. The molecule has 4 N–H and O–H groups in total. The minimum Gasteiger partial charge on any atom is -0.469 e. The van der Waals surface area contributed by atoms with E-state index >= 15 is 0 Å². The molecule has 0 spiro atoms. The molecule has 0 saturated carbocycles. The summed E-state index contributed by atoms with van der Waals surface area (Å²) in [5.41, 5.74) is 7.53. The number of esters is 1. The van der Waals surface area contributed by atoms with Crippen molar-refractivity contribution in [1.29, 1.82) is 5.41 Å². The number of urea groups is 1. The zero-order valence-electron chi connectivity index (χ0n) is 15.2. The van der Waals surface area contributed by atoms with Crippen molar-refractivity contribution in [1.82, 2.24) is 20.2 Å². The van der Waals surface area contributed by atoms with Crippen molar-refractivity contribution in [3.63, 3.8) is 0 Å². The van der Waals surface area contributed by atoms with Gasteiger partial charge in [-0.25, -0.2) is 14.8 Å². The highest BCUT2D eigenvalue weighted by atomic mass is 35.5. The van der Waals surface area contributed by atoms with E-state index in [0.29, 0.717) is 17.9 Å². The van der Waals surface area contributed by atoms with Crippen LogP contribution in [0.1, 0.15) is 23.6 Å². The molecule has 1 atom stereocenters. The lowest BCUT2D eigenvalue weighted by molar-refractivity contribution is -0.140. The number of carbonyl (C=O) groups is 2. The van der Waals surface area contributed by atoms with Gasteiger partial charge in [-0.1, -0.05) is 24.3 Å². The van der Waals surface area contributed by atoms with Gasteiger partial charge in [-0.15, -0.1) is 12.4 Å². The molecule has 1 unspecified atom stereocenters. The first-order chi connectivity index (χ1) is 13.0. The highest BCUT2D eigenvalue weighted by molar-refractivity contribution is 5.94. The van der Waals surface area contributed by atoms with E-state index in [1.165, 1.54) is 19.5 Å². The Morgan fingerprint density at radius 3 is 2.68 bits per heavy atom. The molecular formula is C18H21ClN6O3. The standard InChI is InChI=1S/C18H20N6O3.ClH/c1-27-15(25)6-7-24-14(10-23-18(24)26)12-4-2-3-5-13(12)17-21-8-11(9-22-17)16(19)20;/h2-5,8-9,14H,6-7,10H2,1H3,(H3,19,20)(H,23,26);1H. The first kappa shape index (κ1) is 21.1. The minimum absolute atomic E-state index is 0. The zero-order valence-corrected chi connectivity index (χ0v) is 16.0. The maximum Gasteiger partial charge on any atom is 0.318 e. The average molecular weight is 405 g/mol. The molecular weight excluding hydrogens is 384 g/mol. The van der Waals surface area contributed by atoms with Crippen molar-refractivity contribution in [3.05, 3.63) is 47.8 Å². The van der Waals surface area contributed by atoms with Crippen LogP contribution >= 0.6 is 12.4 Å². The van der Waals surface area contributed by atoms with E-state index in [-0.39, 0.29) is 49.3 Å². The molecule has 1 aromatic carbocycles. The number of hydrogen-bond donors (Lipinski definition) is 3. The molecule has 1 aliphatic heterocycles. The number of ether oxygens (including phenoxy) is 1. The summed E-state index contributed by atoms with van der Waals surface area (Å²) in [7, 11) is 1.32. The van der Waals surface area contributed by atoms with Crippen molar-refractivity contribution >= 4 is 30.2 Å². The number of amides is 2. The Hall–Kier alpha value is -3.20. The van der Waals surface area contributed by atoms with Crippen LogP contribution in [0.25, 0.3) is 11.4 Å². The molecule has 2 heterocycles. The maximum absolute atomic E-state index is 12.2. The van der Waals surface area contributed by atoms with E-state index in [1.54, 1.807) is 4.90 Å². The maximum atomic E-state index is 12.2. The van der Waals surface area contributed by atoms with Crippen molar-refractivity contribution in [3.8, 4) is 11.4 Å². The van der Waals surface area contributed by atoms with Gasteiger partial charge in [0.25, 0.3) is 0 Å². The van der Waals surface area contributed by atoms with Crippen LogP contribution in [0, 0.1) is 5.41 Å². The average Bonchev–Trinajstić information content (AvgIpc) is 3.06. The number of rotatable bonds is 6. The predicted octanol–water partition coefficient (Wildman–Crippen LogP) is 1.48. The van der Waals surface area contributed by atoms with Gasteiger partial charge in [0, 0.05) is 31.0 Å². The van der Waals surface area contributed by atoms with Crippen LogP contribution in [0.5, 0.6) is 0 Å². The van der Waals surface area contributed by atoms with Crippen LogP contribution in [-0.4, -0.2) is 52.9 Å². The van der Waals surface area contributed by atoms with Crippen molar-refractivity contribution in [2.75, 3.05) is 20.2 Å². The molecule has 28 heavy (non-hydrogen) atoms. The summed E-state index contributed by atoms with van der Waals surface area (Å²) in [4.78, 5) is 33.9. The SMILES string of the molecule is COC(=O)CCN1C(=O)NCC1c1ccccc1-c1ncc(C(=N)N)cn1.Cl. The Kier molecular flexibility index (Phi) is 6.89. The molecule has 148 valence electrons. The Bertz CT molecular complexity index is 874. The van der Waals surface area contributed by atoms with Gasteiger partial charge in [0.05, 0.1) is 25.1 Å². The van der Waals surface area contributed by atoms with E-state index in [2.05, 4.69) is 20.0 Å². The van der Waals surface area contributed by atoms with E-state index in [1.807, 2.05) is 24.3 Å². The Balaban J connectivity index is 0.00000280. The number of methoxy groups -OCH3 is 1. The lowest BCUT2D eigenvalue weighted by Gasteiger charge is -2.24. The summed E-state index contributed by atoms with van der Waals surface area (Å²) in [5.74, 6) is 0.00201. The molecule has 0 radical (unpaired) electrons. The normalized spacial score (nSPS) is 15.5. The third-order valence-electron chi connectivity index (χ3n) is 4.39. The number of nitrogens with zero attached hydrogens (tertiary/aromatic N) is 3. The third kappa shape index (κ3) is 4.37. The fourth-order valence-corrected chi connectivity index (χ4v) is 2.98. The summed E-state index contributed by atoms with van der Waals surface area (Å²) in [6.07, 6.45) is 3.11. The van der Waals surface area contributed by atoms with Gasteiger partial charge in [-0.05, 0) is 5.56 Å². The Labute approximate surface area is 168 Å². The van der Waals surface area contributed by atoms with Crippen molar-refractivity contribution in [2.24, 2.45) is 5.73 Å². The largest absolute Gasteiger partial charge is 0.469 e. The van der Waals surface area contributed by atoms with E-state index < -0.39 is 0 Å². The fraction of sp³-hybridized carbons (Fsp3) is 0.278. The summed E-state index contributed by atoms with van der Waals surface area (Å²) in [6, 6.07) is 7.04. The monoisotopic (exact) mass is 404 g/mol. The lowest BCUT2D eigenvalue weighted by atomic mass is 9.99. The van der Waals surface area contributed by atoms with Crippen molar-refractivity contribution in [2.45, 2.75) is 12.5 Å². The Morgan fingerprint density at radius 2 is 2.04 bits per heavy atom. The van der Waals surface area contributed by atoms with E-state index in [4.69, 9.17) is 11.1 Å². The number of nitrogens with one attached hydrogen (secondary N) is 2. The smallest absolute Gasteiger partial charge is 0.318 e. The highest BCUT2D eigenvalue weighted by Gasteiger charge is 2.33. The quantitative estimate of drug-likeness (QED) is 0.379. The molecule has 1 aromatic heterocycles. The molecule has 0 aliphatic carbocycles. The number of nitrogens with two attached hydrogens (primary N) is 1. The molecule has 1 saturated heterocycles. The second kappa shape index (κ2) is 9.14. The molecule has 0 bridgehead atoms. The second-order valence-electron chi connectivity index (χ2n) is 6.02. The van der Waals surface area contributed by atoms with Crippen LogP contribution in [0.15, 0.2) is 36.7 Å². The predicted molar refractivity (Wildman–Crippen MR) is 105 cm³/mol. The van der Waals surface area contributed by atoms with Gasteiger partial charge in [-0.3, -0.25) is 10.2 Å². The second-order valence-corrected chi connectivity index (χ2v) is 6.02. The molecule has 1 aliphatic rings. The molecule has 2 aromatic rings. The first-order valence-electron chi connectivity index (χ1n) is 8.38. The fourth-order valence-electron chi connectivity index (χ4n) is 2.98. The molecule has 2 amide bonds. The number of nitrogen functional groups attached to an aromatic ring is 1. The summed E-state index contributed by atoms with van der Waals surface area (Å²) in [6.45, 7) is 0.671. The first-order valence-corrected chi connectivity index (χ1v) is 8.38. The van der Waals surface area contributed by atoms with Gasteiger partial charge in [0.2, 0.25) is 0 Å². The lowest BCUT2D eigenvalue weighted by Crippen LogP contribution is -2.32. The van der Waals surface area contributed by atoms with Gasteiger partial charge >= 0.3 is 12.0 Å². The number of aromatic nitrogens is 2. The number of carbonyl (C=O) groups excluding carboxylic acids is 2. The van der Waals surface area contributed by atoms with Crippen LogP contribution in [0.3, 0.4) is 0 Å². The van der Waals surface area contributed by atoms with E-state index in [0.717, 1.165) is 11.1 Å². The van der Waals surface area contributed by atoms with Gasteiger partial charge in [0.15, 0.2) is 5.82 Å². The third-order valence-corrected chi connectivity index (χ3v) is 4.39. The van der Waals surface area contributed by atoms with Crippen LogP contribution in [0.2, 0.25) is 0 Å². The molecule has 10 heteroatoms. The summed E-state index contributed by atoms with van der Waals surface area (Å²) in [5, 5.41) is 10.3. The van der Waals surface area contributed by atoms with Crippen LogP contribution in [0.4, 0.5) is 4.79 Å². The van der Waals surface area contributed by atoms with Crippen LogP contribution < -0.4 is 11.1 Å². The van der Waals surface area contributed by atoms with Gasteiger partial charge < -0.3 is 20.7 Å².